The van der Waals surface area contributed by atoms with Gasteiger partial charge in [-0.05, 0) is 50.8 Å². The molecule has 5 rings (SSSR count). The van der Waals surface area contributed by atoms with Crippen LogP contribution in [0, 0.1) is 36.8 Å². The lowest BCUT2D eigenvalue weighted by atomic mass is 9.97. The van der Waals surface area contributed by atoms with Crippen LogP contribution < -0.4 is 4.90 Å². The molecule has 10 heteroatoms. The molecule has 3 aromatic rings. The lowest BCUT2D eigenvalue weighted by molar-refractivity contribution is 0.0604. The number of hydrogen-bond donors (Lipinski definition) is 2. The van der Waals surface area contributed by atoms with Crippen LogP contribution in [0.15, 0.2) is 24.4 Å². The number of fused-ring (bicyclic) bond motifs is 1. The Labute approximate surface area is 201 Å². The van der Waals surface area contributed by atoms with Crippen molar-refractivity contribution < 1.29 is 18.7 Å². The summed E-state index contributed by atoms with van der Waals surface area (Å²) in [5, 5.41) is 22.4. The number of likely N-dealkylation sites (tertiary alicyclic amines) is 1. The number of amides is 1. The molecule has 2 aliphatic heterocycles. The number of halogens is 2. The number of carbonyl (C=O) groups is 1. The molecule has 2 aromatic heterocycles. The molecule has 35 heavy (non-hydrogen) atoms. The molecule has 4 heterocycles. The van der Waals surface area contributed by atoms with E-state index in [1.54, 1.807) is 16.3 Å². The Balaban J connectivity index is 1.47. The summed E-state index contributed by atoms with van der Waals surface area (Å²) in [7, 11) is 0. The molecule has 0 unspecified atom stereocenters. The molecule has 2 N–H and O–H groups in total. The monoisotopic (exact) mass is 482 g/mol. The average molecular weight is 483 g/mol. The SMILES string of the molecule is Cc1cc(F)c(F)cc1C(=O)N1CCCC[C@H]1c1cc2nc(N3C[C@@H](C=N)[C@@H](O)C3)c(C)cn2n1. The van der Waals surface area contributed by atoms with Crippen molar-refractivity contribution in [2.45, 2.75) is 45.3 Å². The fourth-order valence-electron chi connectivity index (χ4n) is 5.16. The first-order chi connectivity index (χ1) is 16.8. The van der Waals surface area contributed by atoms with Crippen LogP contribution in [0.5, 0.6) is 0 Å². The smallest absolute Gasteiger partial charge is 0.254 e. The van der Waals surface area contributed by atoms with E-state index in [1.807, 2.05) is 24.1 Å². The minimum atomic E-state index is -1.04. The summed E-state index contributed by atoms with van der Waals surface area (Å²) in [4.78, 5) is 21.9. The van der Waals surface area contributed by atoms with Crippen molar-refractivity contribution in [2.24, 2.45) is 5.92 Å². The van der Waals surface area contributed by atoms with Gasteiger partial charge >= 0.3 is 0 Å². The summed E-state index contributed by atoms with van der Waals surface area (Å²) >= 11 is 0. The summed E-state index contributed by atoms with van der Waals surface area (Å²) in [6.45, 7) is 4.96. The highest BCUT2D eigenvalue weighted by Gasteiger charge is 2.33. The zero-order chi connectivity index (χ0) is 24.9. The van der Waals surface area contributed by atoms with Crippen molar-refractivity contribution in [1.82, 2.24) is 19.5 Å². The first-order valence-corrected chi connectivity index (χ1v) is 11.8. The van der Waals surface area contributed by atoms with Crippen molar-refractivity contribution in [3.63, 3.8) is 0 Å². The van der Waals surface area contributed by atoms with Gasteiger partial charge in [-0.1, -0.05) is 0 Å². The topological polar surface area (TPSA) is 97.8 Å². The second-order valence-corrected chi connectivity index (χ2v) is 9.51. The van der Waals surface area contributed by atoms with Gasteiger partial charge in [0, 0.05) is 55.2 Å². The predicted molar refractivity (Wildman–Crippen MR) is 127 cm³/mol. The Kier molecular flexibility index (Phi) is 6.00. The number of aromatic nitrogens is 3. The maximum atomic E-state index is 13.9. The normalized spacial score (nSPS) is 22.7. The standard InChI is InChI=1S/C25H28F2N6O2/c1-14-7-18(26)19(27)8-17(14)25(35)32-6-4-3-5-21(32)20-9-23-29-24(15(2)11-33(23)30-20)31-12-16(10-28)22(34)13-31/h7-11,16,21-22,28,34H,3-6,12-13H2,1-2H3/t16-,21+,22+/m1/s1. The fraction of sp³-hybridized carbons (Fsp3) is 0.440. The Morgan fingerprint density at radius 1 is 1.14 bits per heavy atom. The molecule has 0 bridgehead atoms. The lowest BCUT2D eigenvalue weighted by Crippen LogP contribution is -2.39. The van der Waals surface area contributed by atoms with E-state index in [0.29, 0.717) is 43.0 Å². The van der Waals surface area contributed by atoms with Gasteiger partial charge in [0.25, 0.3) is 5.91 Å². The first kappa shape index (κ1) is 23.3. The third kappa shape index (κ3) is 4.16. The van der Waals surface area contributed by atoms with Gasteiger partial charge in [0.05, 0.1) is 17.8 Å². The van der Waals surface area contributed by atoms with Crippen LogP contribution in [-0.2, 0) is 0 Å². The summed E-state index contributed by atoms with van der Waals surface area (Å²) < 4.78 is 29.2. The van der Waals surface area contributed by atoms with Crippen molar-refractivity contribution in [3.8, 4) is 0 Å². The van der Waals surface area contributed by atoms with Gasteiger partial charge < -0.3 is 20.3 Å². The minimum absolute atomic E-state index is 0.157. The first-order valence-electron chi connectivity index (χ1n) is 11.8. The molecule has 1 amide bonds. The molecule has 1 aromatic carbocycles. The zero-order valence-electron chi connectivity index (χ0n) is 19.7. The summed E-state index contributed by atoms with van der Waals surface area (Å²) in [5.41, 5.74) is 2.76. The van der Waals surface area contributed by atoms with E-state index >= 15 is 0 Å². The third-order valence-electron chi connectivity index (χ3n) is 7.07. The van der Waals surface area contributed by atoms with Gasteiger partial charge in [0.15, 0.2) is 17.3 Å². The van der Waals surface area contributed by atoms with E-state index < -0.39 is 17.7 Å². The molecular formula is C25H28F2N6O2. The fourth-order valence-corrected chi connectivity index (χ4v) is 5.16. The highest BCUT2D eigenvalue weighted by Crippen LogP contribution is 2.33. The Morgan fingerprint density at radius 3 is 2.66 bits per heavy atom. The Bertz CT molecular complexity index is 1310. The van der Waals surface area contributed by atoms with Crippen LogP contribution in [0.2, 0.25) is 0 Å². The van der Waals surface area contributed by atoms with E-state index in [1.165, 1.54) is 6.21 Å². The highest BCUT2D eigenvalue weighted by atomic mass is 19.2. The zero-order valence-corrected chi connectivity index (χ0v) is 19.7. The molecule has 0 spiro atoms. The second kappa shape index (κ2) is 8.99. The number of aliphatic hydroxyl groups excluding tert-OH is 1. The average Bonchev–Trinajstić information content (AvgIpc) is 3.42. The summed E-state index contributed by atoms with van der Waals surface area (Å²) in [6, 6.07) is 3.59. The van der Waals surface area contributed by atoms with Gasteiger partial charge in [-0.3, -0.25) is 4.79 Å². The molecule has 2 aliphatic rings. The predicted octanol–water partition coefficient (Wildman–Crippen LogP) is 3.44. The van der Waals surface area contributed by atoms with Gasteiger partial charge in [0.2, 0.25) is 0 Å². The van der Waals surface area contributed by atoms with E-state index in [0.717, 1.165) is 36.4 Å². The van der Waals surface area contributed by atoms with Crippen LogP contribution in [0.4, 0.5) is 14.6 Å². The van der Waals surface area contributed by atoms with Crippen molar-refractivity contribution in [3.05, 3.63) is 58.4 Å². The van der Waals surface area contributed by atoms with Crippen molar-refractivity contribution in [1.29, 1.82) is 5.41 Å². The molecule has 2 fully saturated rings. The Morgan fingerprint density at radius 2 is 1.91 bits per heavy atom. The van der Waals surface area contributed by atoms with E-state index in [9.17, 15) is 18.7 Å². The lowest BCUT2D eigenvalue weighted by Gasteiger charge is -2.35. The number of nitrogens with zero attached hydrogens (tertiary/aromatic N) is 5. The summed E-state index contributed by atoms with van der Waals surface area (Å²) in [6.07, 6.45) is 5.01. The van der Waals surface area contributed by atoms with Crippen LogP contribution >= 0.6 is 0 Å². The maximum absolute atomic E-state index is 13.9. The summed E-state index contributed by atoms with van der Waals surface area (Å²) in [5.74, 6) is -1.83. The second-order valence-electron chi connectivity index (χ2n) is 9.51. The van der Waals surface area contributed by atoms with Gasteiger partial charge in [-0.25, -0.2) is 18.3 Å². The molecular weight excluding hydrogens is 454 g/mol. The highest BCUT2D eigenvalue weighted by molar-refractivity contribution is 5.96. The number of anilines is 1. The number of nitrogens with one attached hydrogen (secondary N) is 1. The number of benzene rings is 1. The molecule has 0 saturated carbocycles. The number of rotatable bonds is 4. The van der Waals surface area contributed by atoms with Crippen molar-refractivity contribution >= 4 is 23.6 Å². The third-order valence-corrected chi connectivity index (χ3v) is 7.07. The maximum Gasteiger partial charge on any atom is 0.254 e. The van der Waals surface area contributed by atoms with Gasteiger partial charge in [-0.2, -0.15) is 5.10 Å². The molecule has 8 nitrogen and oxygen atoms in total. The molecule has 0 radical (unpaired) electrons. The van der Waals surface area contributed by atoms with E-state index in [-0.39, 0.29) is 23.4 Å². The van der Waals surface area contributed by atoms with Crippen LogP contribution in [-0.4, -0.2) is 62.5 Å². The number of piperidine rings is 1. The number of β-amino-alcohol motifs (C(OH)–C–C–N with tert-alkyl or cyclic N) is 1. The van der Waals surface area contributed by atoms with Gasteiger partial charge in [0.1, 0.15) is 5.82 Å². The number of hydrogen-bond acceptors (Lipinski definition) is 6. The van der Waals surface area contributed by atoms with Crippen molar-refractivity contribution in [2.75, 3.05) is 24.5 Å². The van der Waals surface area contributed by atoms with Crippen LogP contribution in [0.1, 0.15) is 52.5 Å². The Hall–Kier alpha value is -3.40. The number of carbonyl (C=O) groups excluding carboxylic acids is 1. The number of aliphatic hydroxyl groups is 1. The molecule has 0 aliphatic carbocycles. The minimum Gasteiger partial charge on any atom is -0.391 e. The molecule has 3 atom stereocenters. The van der Waals surface area contributed by atoms with Crippen LogP contribution in [0.3, 0.4) is 0 Å². The number of aryl methyl sites for hydroxylation is 2. The molecule has 184 valence electrons. The van der Waals surface area contributed by atoms with Crippen LogP contribution in [0.25, 0.3) is 5.65 Å². The van der Waals surface area contributed by atoms with E-state index in [2.05, 4.69) is 0 Å². The van der Waals surface area contributed by atoms with Gasteiger partial charge in [-0.15, -0.1) is 0 Å². The quantitative estimate of drug-likeness (QED) is 0.556. The molecule has 2 saturated heterocycles. The largest absolute Gasteiger partial charge is 0.391 e. The van der Waals surface area contributed by atoms with E-state index in [4.69, 9.17) is 15.5 Å².